The molecular formula is C10H18F3NO. The van der Waals surface area contributed by atoms with Gasteiger partial charge < -0.3 is 5.11 Å². The van der Waals surface area contributed by atoms with Gasteiger partial charge in [0.25, 0.3) is 0 Å². The van der Waals surface area contributed by atoms with E-state index >= 15 is 0 Å². The van der Waals surface area contributed by atoms with Crippen molar-refractivity contribution in [3.63, 3.8) is 0 Å². The second-order valence-electron chi connectivity index (χ2n) is 4.33. The van der Waals surface area contributed by atoms with Gasteiger partial charge in [0, 0.05) is 6.04 Å². The zero-order chi connectivity index (χ0) is 11.6. The Bertz CT molecular complexity index is 197. The van der Waals surface area contributed by atoms with Crippen LogP contribution in [-0.2, 0) is 0 Å². The SMILES string of the molecule is CC(O)C(C)N1CCC(C(F)(F)F)CC1. The van der Waals surface area contributed by atoms with Crippen LogP contribution in [-0.4, -0.2) is 41.4 Å². The molecule has 90 valence electrons. The Labute approximate surface area is 88.1 Å². The van der Waals surface area contributed by atoms with Crippen LogP contribution in [0.2, 0.25) is 0 Å². The fourth-order valence-corrected chi connectivity index (χ4v) is 1.94. The molecule has 0 bridgehead atoms. The lowest BCUT2D eigenvalue weighted by Crippen LogP contribution is -2.46. The average molecular weight is 225 g/mol. The quantitative estimate of drug-likeness (QED) is 0.777. The number of aliphatic hydroxyl groups is 1. The maximum Gasteiger partial charge on any atom is 0.391 e. The number of rotatable bonds is 2. The Morgan fingerprint density at radius 3 is 2.00 bits per heavy atom. The predicted octanol–water partition coefficient (Wildman–Crippen LogP) is 2.03. The van der Waals surface area contributed by atoms with E-state index in [0.717, 1.165) is 0 Å². The van der Waals surface area contributed by atoms with Crippen molar-refractivity contribution >= 4 is 0 Å². The Kier molecular flexibility index (Phi) is 4.00. The molecule has 1 saturated heterocycles. The van der Waals surface area contributed by atoms with Crippen molar-refractivity contribution in [3.8, 4) is 0 Å². The zero-order valence-corrected chi connectivity index (χ0v) is 9.09. The Hall–Kier alpha value is -0.290. The summed E-state index contributed by atoms with van der Waals surface area (Å²) in [5.74, 6) is -1.16. The van der Waals surface area contributed by atoms with Gasteiger partial charge in [0.1, 0.15) is 0 Å². The standard InChI is InChI=1S/C10H18F3NO/c1-7(8(2)15)14-5-3-9(4-6-14)10(11,12)13/h7-9,15H,3-6H2,1-2H3. The van der Waals surface area contributed by atoms with Crippen molar-refractivity contribution in [1.82, 2.24) is 4.90 Å². The van der Waals surface area contributed by atoms with E-state index in [0.29, 0.717) is 13.1 Å². The van der Waals surface area contributed by atoms with E-state index in [1.807, 2.05) is 11.8 Å². The minimum absolute atomic E-state index is 0.0563. The van der Waals surface area contributed by atoms with E-state index in [2.05, 4.69) is 0 Å². The third-order valence-electron chi connectivity index (χ3n) is 3.27. The largest absolute Gasteiger partial charge is 0.392 e. The average Bonchev–Trinajstić information content (AvgIpc) is 2.15. The first kappa shape index (κ1) is 12.8. The minimum atomic E-state index is -4.06. The number of hydrogen-bond donors (Lipinski definition) is 1. The molecule has 0 radical (unpaired) electrons. The number of piperidine rings is 1. The number of likely N-dealkylation sites (tertiary alicyclic amines) is 1. The summed E-state index contributed by atoms with van der Waals surface area (Å²) >= 11 is 0. The van der Waals surface area contributed by atoms with Crippen LogP contribution in [0.4, 0.5) is 13.2 Å². The lowest BCUT2D eigenvalue weighted by Gasteiger charge is -2.37. The first-order chi connectivity index (χ1) is 6.82. The van der Waals surface area contributed by atoms with Crippen molar-refractivity contribution in [3.05, 3.63) is 0 Å². The van der Waals surface area contributed by atoms with Gasteiger partial charge in [-0.1, -0.05) is 0 Å². The van der Waals surface area contributed by atoms with Crippen molar-refractivity contribution in [2.24, 2.45) is 5.92 Å². The van der Waals surface area contributed by atoms with E-state index in [4.69, 9.17) is 0 Å². The molecule has 1 N–H and O–H groups in total. The zero-order valence-electron chi connectivity index (χ0n) is 9.09. The topological polar surface area (TPSA) is 23.5 Å². The molecule has 1 aliphatic rings. The predicted molar refractivity (Wildman–Crippen MR) is 51.5 cm³/mol. The summed E-state index contributed by atoms with van der Waals surface area (Å²) in [6.45, 7) is 4.37. The molecule has 0 aromatic heterocycles. The van der Waals surface area contributed by atoms with Gasteiger partial charge in [0.05, 0.1) is 12.0 Å². The van der Waals surface area contributed by atoms with Gasteiger partial charge in [-0.2, -0.15) is 13.2 Å². The van der Waals surface area contributed by atoms with Crippen LogP contribution in [0.15, 0.2) is 0 Å². The highest BCUT2D eigenvalue weighted by Gasteiger charge is 2.41. The molecule has 0 spiro atoms. The molecule has 2 nitrogen and oxygen atoms in total. The van der Waals surface area contributed by atoms with Crippen LogP contribution in [0.3, 0.4) is 0 Å². The summed E-state index contributed by atoms with van der Waals surface area (Å²) in [7, 11) is 0. The summed E-state index contributed by atoms with van der Waals surface area (Å²) in [6, 6.07) is -0.0563. The lowest BCUT2D eigenvalue weighted by atomic mass is 9.95. The molecular weight excluding hydrogens is 207 g/mol. The van der Waals surface area contributed by atoms with Crippen LogP contribution in [0.1, 0.15) is 26.7 Å². The molecule has 0 amide bonds. The summed E-state index contributed by atoms with van der Waals surface area (Å²) in [5.41, 5.74) is 0. The van der Waals surface area contributed by atoms with E-state index in [-0.39, 0.29) is 18.9 Å². The number of hydrogen-bond acceptors (Lipinski definition) is 2. The van der Waals surface area contributed by atoms with Gasteiger partial charge in [-0.05, 0) is 39.8 Å². The molecule has 0 aromatic carbocycles. The van der Waals surface area contributed by atoms with E-state index in [1.165, 1.54) is 0 Å². The van der Waals surface area contributed by atoms with E-state index < -0.39 is 18.2 Å². The first-order valence-corrected chi connectivity index (χ1v) is 5.31. The summed E-state index contributed by atoms with van der Waals surface area (Å²) < 4.78 is 37.1. The highest BCUT2D eigenvalue weighted by molar-refractivity contribution is 4.81. The monoisotopic (exact) mass is 225 g/mol. The normalized spacial score (nSPS) is 25.2. The molecule has 2 atom stereocenters. The van der Waals surface area contributed by atoms with Crippen LogP contribution in [0.25, 0.3) is 0 Å². The molecule has 15 heavy (non-hydrogen) atoms. The summed E-state index contributed by atoms with van der Waals surface area (Å²) in [5, 5.41) is 9.34. The Balaban J connectivity index is 2.42. The van der Waals surface area contributed by atoms with Gasteiger partial charge in [-0.25, -0.2) is 0 Å². The van der Waals surface area contributed by atoms with Crippen LogP contribution in [0, 0.1) is 5.92 Å². The van der Waals surface area contributed by atoms with Crippen molar-refractivity contribution in [2.75, 3.05) is 13.1 Å². The Morgan fingerprint density at radius 1 is 1.20 bits per heavy atom. The fraction of sp³-hybridized carbons (Fsp3) is 1.00. The van der Waals surface area contributed by atoms with Gasteiger partial charge in [0.15, 0.2) is 0 Å². The van der Waals surface area contributed by atoms with Gasteiger partial charge in [-0.3, -0.25) is 4.90 Å². The van der Waals surface area contributed by atoms with Gasteiger partial charge >= 0.3 is 6.18 Å². The van der Waals surface area contributed by atoms with Crippen molar-refractivity contribution in [1.29, 1.82) is 0 Å². The Morgan fingerprint density at radius 2 is 1.67 bits per heavy atom. The third kappa shape index (κ3) is 3.34. The first-order valence-electron chi connectivity index (χ1n) is 5.31. The van der Waals surface area contributed by atoms with Gasteiger partial charge in [-0.15, -0.1) is 0 Å². The maximum atomic E-state index is 12.4. The molecule has 0 saturated carbocycles. The number of halogens is 3. The smallest absolute Gasteiger partial charge is 0.391 e. The lowest BCUT2D eigenvalue weighted by molar-refractivity contribution is -0.186. The molecule has 2 unspecified atom stereocenters. The second kappa shape index (κ2) is 4.70. The summed E-state index contributed by atoms with van der Waals surface area (Å²) in [4.78, 5) is 1.92. The molecule has 5 heteroatoms. The highest BCUT2D eigenvalue weighted by atomic mass is 19.4. The van der Waals surface area contributed by atoms with Gasteiger partial charge in [0.2, 0.25) is 0 Å². The molecule has 0 aliphatic carbocycles. The number of aliphatic hydroxyl groups excluding tert-OH is 1. The maximum absolute atomic E-state index is 12.4. The van der Waals surface area contributed by atoms with Crippen molar-refractivity contribution < 1.29 is 18.3 Å². The molecule has 1 aliphatic heterocycles. The summed E-state index contributed by atoms with van der Waals surface area (Å²) in [6.07, 6.45) is -4.24. The molecule has 0 aromatic rings. The minimum Gasteiger partial charge on any atom is -0.392 e. The van der Waals surface area contributed by atoms with E-state index in [9.17, 15) is 18.3 Å². The van der Waals surface area contributed by atoms with Crippen molar-refractivity contribution in [2.45, 2.75) is 45.0 Å². The van der Waals surface area contributed by atoms with E-state index in [1.54, 1.807) is 6.92 Å². The molecule has 1 rings (SSSR count). The highest BCUT2D eigenvalue weighted by Crippen LogP contribution is 2.34. The fourth-order valence-electron chi connectivity index (χ4n) is 1.94. The second-order valence-corrected chi connectivity index (χ2v) is 4.33. The third-order valence-corrected chi connectivity index (χ3v) is 3.27. The number of nitrogens with zero attached hydrogens (tertiary/aromatic N) is 1. The van der Waals surface area contributed by atoms with Crippen LogP contribution >= 0.6 is 0 Å². The number of alkyl halides is 3. The van der Waals surface area contributed by atoms with Crippen LogP contribution in [0.5, 0.6) is 0 Å². The molecule has 1 heterocycles. The molecule has 1 fully saturated rings. The van der Waals surface area contributed by atoms with Crippen LogP contribution < -0.4 is 0 Å².